The summed E-state index contributed by atoms with van der Waals surface area (Å²) < 4.78 is 0. The second-order valence-electron chi connectivity index (χ2n) is 1.25. The maximum absolute atomic E-state index is 5.02. The predicted molar refractivity (Wildman–Crippen MR) is 30.1 cm³/mol. The Hall–Kier alpha value is -1.10. The average Bonchev–Trinajstić information content (AvgIpc) is 1.61. The van der Waals surface area contributed by atoms with E-state index in [0.29, 0.717) is 0 Å². The molecule has 5 nitrogen and oxygen atoms in total. The van der Waals surface area contributed by atoms with E-state index in [1.807, 2.05) is 0 Å². The third-order valence-corrected chi connectivity index (χ3v) is 0.314. The number of hydrogen-bond acceptors (Lipinski definition) is 4. The molecule has 0 aliphatic rings. The first-order chi connectivity index (χ1) is 3.63. The van der Waals surface area contributed by atoms with Gasteiger partial charge in [0.15, 0.2) is 0 Å². The molecule has 0 spiro atoms. The SMILES string of the molecule is C=C(N)N=NN(C)N. The first-order valence-electron chi connectivity index (χ1n) is 1.97. The molecule has 0 heterocycles. The van der Waals surface area contributed by atoms with E-state index in [1.165, 1.54) is 7.05 Å². The van der Waals surface area contributed by atoms with Gasteiger partial charge in [-0.3, -0.25) is 0 Å². The largest absolute Gasteiger partial charge is 0.383 e. The van der Waals surface area contributed by atoms with Gasteiger partial charge in [0.05, 0.1) is 0 Å². The third kappa shape index (κ3) is 4.90. The van der Waals surface area contributed by atoms with Crippen molar-refractivity contribution in [2.75, 3.05) is 7.05 Å². The minimum Gasteiger partial charge on any atom is -0.383 e. The molecule has 0 aromatic heterocycles. The number of nitrogens with zero attached hydrogens (tertiary/aromatic N) is 3. The summed E-state index contributed by atoms with van der Waals surface area (Å²) >= 11 is 0. The summed E-state index contributed by atoms with van der Waals surface area (Å²) in [7, 11) is 1.53. The van der Waals surface area contributed by atoms with Gasteiger partial charge in [0.2, 0.25) is 0 Å². The van der Waals surface area contributed by atoms with Gasteiger partial charge >= 0.3 is 0 Å². The molecule has 0 rings (SSSR count). The van der Waals surface area contributed by atoms with Gasteiger partial charge in [-0.1, -0.05) is 11.8 Å². The van der Waals surface area contributed by atoms with Crippen molar-refractivity contribution >= 4 is 0 Å². The fourth-order valence-electron chi connectivity index (χ4n) is 0.128. The van der Waals surface area contributed by atoms with Crippen molar-refractivity contribution < 1.29 is 0 Å². The number of nitrogens with two attached hydrogens (primary N) is 2. The highest BCUT2D eigenvalue weighted by Gasteiger charge is 1.76. The molecule has 0 atom stereocenters. The molecule has 0 aromatic rings. The monoisotopic (exact) mass is 115 g/mol. The number of hydrogen-bond donors (Lipinski definition) is 2. The van der Waals surface area contributed by atoms with Crippen molar-refractivity contribution in [3.05, 3.63) is 12.4 Å². The molecule has 8 heavy (non-hydrogen) atoms. The second kappa shape index (κ2) is 2.98. The number of hydrazine groups is 1. The van der Waals surface area contributed by atoms with Gasteiger partial charge in [-0.2, -0.15) is 0 Å². The highest BCUT2D eigenvalue weighted by molar-refractivity contribution is 4.78. The van der Waals surface area contributed by atoms with E-state index in [9.17, 15) is 0 Å². The molecule has 0 saturated carbocycles. The van der Waals surface area contributed by atoms with E-state index in [2.05, 4.69) is 16.9 Å². The van der Waals surface area contributed by atoms with Crippen LogP contribution in [0.4, 0.5) is 0 Å². The van der Waals surface area contributed by atoms with Gasteiger partial charge in [-0.25, -0.2) is 11.0 Å². The molecular formula is C3H9N5. The zero-order chi connectivity index (χ0) is 6.57. The maximum Gasteiger partial charge on any atom is 0.140 e. The quantitative estimate of drug-likeness (QED) is 0.291. The van der Waals surface area contributed by atoms with Gasteiger partial charge in [0.25, 0.3) is 0 Å². The van der Waals surface area contributed by atoms with E-state index >= 15 is 0 Å². The van der Waals surface area contributed by atoms with E-state index in [0.717, 1.165) is 5.12 Å². The molecule has 4 N–H and O–H groups in total. The molecule has 0 fully saturated rings. The molecule has 0 amide bonds. The van der Waals surface area contributed by atoms with Crippen LogP contribution in [0.5, 0.6) is 0 Å². The summed E-state index contributed by atoms with van der Waals surface area (Å²) in [4.78, 5) is 0. The Labute approximate surface area is 47.6 Å². The molecule has 5 heteroatoms. The Balaban J connectivity index is 3.50. The van der Waals surface area contributed by atoms with Gasteiger partial charge in [-0.05, 0) is 0 Å². The Morgan fingerprint density at radius 2 is 2.25 bits per heavy atom. The van der Waals surface area contributed by atoms with Crippen molar-refractivity contribution in [2.45, 2.75) is 0 Å². The number of rotatable bonds is 2. The molecule has 46 valence electrons. The van der Waals surface area contributed by atoms with Crippen LogP contribution in [0.25, 0.3) is 0 Å². The highest BCUT2D eigenvalue weighted by atomic mass is 15.7. The zero-order valence-electron chi connectivity index (χ0n) is 4.70. The second-order valence-corrected chi connectivity index (χ2v) is 1.25. The van der Waals surface area contributed by atoms with Gasteiger partial charge in [0, 0.05) is 7.05 Å². The van der Waals surface area contributed by atoms with E-state index in [1.54, 1.807) is 0 Å². The average molecular weight is 115 g/mol. The van der Waals surface area contributed by atoms with Crippen LogP contribution < -0.4 is 11.6 Å². The Bertz CT molecular complexity index is 104. The molecule has 0 saturated heterocycles. The van der Waals surface area contributed by atoms with Crippen molar-refractivity contribution in [1.82, 2.24) is 5.12 Å². The highest BCUT2D eigenvalue weighted by Crippen LogP contribution is 1.80. The lowest BCUT2D eigenvalue weighted by Crippen LogP contribution is -2.18. The van der Waals surface area contributed by atoms with Gasteiger partial charge in [0.1, 0.15) is 5.82 Å². The lowest BCUT2D eigenvalue weighted by atomic mass is 10.9. The van der Waals surface area contributed by atoms with E-state index in [-0.39, 0.29) is 5.82 Å². The van der Waals surface area contributed by atoms with Crippen LogP contribution in [0.1, 0.15) is 0 Å². The molecular weight excluding hydrogens is 106 g/mol. The Morgan fingerprint density at radius 1 is 1.75 bits per heavy atom. The summed E-state index contributed by atoms with van der Waals surface area (Å²) in [5.74, 6) is 5.16. The summed E-state index contributed by atoms with van der Waals surface area (Å²) in [6.07, 6.45) is 0. The lowest BCUT2D eigenvalue weighted by Gasteiger charge is -1.98. The molecule has 0 aromatic carbocycles. The molecule has 0 unspecified atom stereocenters. The van der Waals surface area contributed by atoms with E-state index < -0.39 is 0 Å². The van der Waals surface area contributed by atoms with Crippen LogP contribution in [0, 0.1) is 0 Å². The van der Waals surface area contributed by atoms with Crippen LogP contribution in [0.2, 0.25) is 0 Å². The van der Waals surface area contributed by atoms with Crippen LogP contribution in [-0.4, -0.2) is 12.2 Å². The minimum absolute atomic E-state index is 0.141. The normalized spacial score (nSPS) is 9.75. The predicted octanol–water partition coefficient (Wildman–Crippen LogP) is -0.411. The summed E-state index contributed by atoms with van der Waals surface area (Å²) in [5.41, 5.74) is 5.00. The van der Waals surface area contributed by atoms with Crippen molar-refractivity contribution in [3.8, 4) is 0 Å². The molecule has 0 aliphatic heterocycles. The van der Waals surface area contributed by atoms with Gasteiger partial charge in [-0.15, -0.1) is 5.11 Å². The zero-order valence-corrected chi connectivity index (χ0v) is 4.70. The lowest BCUT2D eigenvalue weighted by molar-refractivity contribution is 0.344. The third-order valence-electron chi connectivity index (χ3n) is 0.314. The van der Waals surface area contributed by atoms with Crippen LogP contribution in [0.15, 0.2) is 22.7 Å². The first kappa shape index (κ1) is 6.90. The minimum atomic E-state index is 0.141. The Morgan fingerprint density at radius 3 is 2.38 bits per heavy atom. The van der Waals surface area contributed by atoms with Crippen molar-refractivity contribution in [1.29, 1.82) is 0 Å². The molecule has 0 aliphatic carbocycles. The summed E-state index contributed by atoms with van der Waals surface area (Å²) in [5, 5.41) is 7.71. The van der Waals surface area contributed by atoms with E-state index in [4.69, 9.17) is 11.6 Å². The smallest absolute Gasteiger partial charge is 0.140 e. The van der Waals surface area contributed by atoms with Gasteiger partial charge < -0.3 is 5.73 Å². The van der Waals surface area contributed by atoms with Crippen LogP contribution in [-0.2, 0) is 0 Å². The topological polar surface area (TPSA) is 80.0 Å². The standard InChI is InChI=1S/C3H9N5/c1-3(4)6-7-8(2)5/h1,4-5H2,2H3. The van der Waals surface area contributed by atoms with Crippen molar-refractivity contribution in [2.24, 2.45) is 21.9 Å². The fourth-order valence-corrected chi connectivity index (χ4v) is 0.128. The first-order valence-corrected chi connectivity index (χ1v) is 1.97. The summed E-state index contributed by atoms with van der Waals surface area (Å²) in [6.45, 7) is 3.26. The van der Waals surface area contributed by atoms with Crippen molar-refractivity contribution in [3.63, 3.8) is 0 Å². The molecule has 0 bridgehead atoms. The van der Waals surface area contributed by atoms with Crippen LogP contribution >= 0.6 is 0 Å². The summed E-state index contributed by atoms with van der Waals surface area (Å²) in [6, 6.07) is 0. The maximum atomic E-state index is 5.02. The van der Waals surface area contributed by atoms with Crippen LogP contribution in [0.3, 0.4) is 0 Å². The Kier molecular flexibility index (Phi) is 2.57. The fraction of sp³-hybridized carbons (Fsp3) is 0.333. The molecule has 0 radical (unpaired) electrons.